The first-order chi connectivity index (χ1) is 19.2. The van der Waals surface area contributed by atoms with Crippen LogP contribution in [0.3, 0.4) is 0 Å². The van der Waals surface area contributed by atoms with Crippen molar-refractivity contribution < 1.29 is 18.3 Å². The van der Waals surface area contributed by atoms with Gasteiger partial charge in [-0.2, -0.15) is 5.26 Å². The van der Waals surface area contributed by atoms with E-state index in [-0.39, 0.29) is 4.90 Å². The summed E-state index contributed by atoms with van der Waals surface area (Å²) in [7, 11) is -4.11. The average molecular weight is 588 g/mol. The standard InChI is InChI=1S/C30H22ClN3O4S2/c1-18-5-8-23(9-6-18)40(37,38)34-26-10-7-21(31)14-25(26)28(24-11-12-39-27(24)15-32)29(34)19-3-2-4-22(13-19)33-16-20(17-33)30(35)36/h2-14,20H,16-17H2,1H3,(H,35,36). The van der Waals surface area contributed by atoms with Crippen LogP contribution in [0, 0.1) is 24.2 Å². The maximum atomic E-state index is 14.4. The molecule has 10 heteroatoms. The van der Waals surface area contributed by atoms with Crippen LogP contribution >= 0.6 is 22.9 Å². The van der Waals surface area contributed by atoms with Gasteiger partial charge in [0.1, 0.15) is 10.9 Å². The van der Waals surface area contributed by atoms with E-state index in [2.05, 4.69) is 6.07 Å². The largest absolute Gasteiger partial charge is 0.481 e. The summed E-state index contributed by atoms with van der Waals surface area (Å²) in [4.78, 5) is 13.9. The fourth-order valence-electron chi connectivity index (χ4n) is 5.12. The van der Waals surface area contributed by atoms with Gasteiger partial charge in [-0.25, -0.2) is 12.4 Å². The van der Waals surface area contributed by atoms with E-state index >= 15 is 0 Å². The second kappa shape index (κ2) is 9.82. The number of hydrogen-bond acceptors (Lipinski definition) is 6. The molecule has 0 amide bonds. The van der Waals surface area contributed by atoms with Crippen molar-refractivity contribution in [1.29, 1.82) is 5.26 Å². The maximum Gasteiger partial charge on any atom is 0.310 e. The Balaban J connectivity index is 1.68. The molecule has 0 spiro atoms. The molecule has 1 N–H and O–H groups in total. The third-order valence-corrected chi connectivity index (χ3v) is 9.98. The number of carboxylic acid groups (broad SMARTS) is 1. The van der Waals surface area contributed by atoms with Gasteiger partial charge in [-0.3, -0.25) is 4.79 Å². The zero-order valence-corrected chi connectivity index (χ0v) is 23.6. The number of anilines is 1. The predicted molar refractivity (Wildman–Crippen MR) is 158 cm³/mol. The third kappa shape index (κ3) is 4.25. The van der Waals surface area contributed by atoms with Crippen LogP contribution < -0.4 is 4.90 Å². The van der Waals surface area contributed by atoms with Gasteiger partial charge in [-0.15, -0.1) is 11.3 Å². The highest BCUT2D eigenvalue weighted by Crippen LogP contribution is 2.46. The number of rotatable bonds is 6. The van der Waals surface area contributed by atoms with Crippen molar-refractivity contribution in [3.05, 3.63) is 93.6 Å². The number of nitriles is 1. The molecule has 2 aromatic heterocycles. The van der Waals surface area contributed by atoms with Crippen molar-refractivity contribution in [1.82, 2.24) is 3.97 Å². The number of fused-ring (bicyclic) bond motifs is 1. The summed E-state index contributed by atoms with van der Waals surface area (Å²) in [5.41, 5.74) is 4.39. The van der Waals surface area contributed by atoms with E-state index in [1.165, 1.54) is 15.3 Å². The van der Waals surface area contributed by atoms with Crippen LogP contribution in [0.1, 0.15) is 10.4 Å². The molecule has 40 heavy (non-hydrogen) atoms. The van der Waals surface area contributed by atoms with E-state index in [0.29, 0.717) is 56.3 Å². The highest BCUT2D eigenvalue weighted by molar-refractivity contribution is 7.90. The molecule has 1 aliphatic heterocycles. The Bertz CT molecular complexity index is 1950. The SMILES string of the molecule is Cc1ccc(S(=O)(=O)n2c(-c3cccc(N4CC(C(=O)O)C4)c3)c(-c3ccsc3C#N)c3cc(Cl)ccc32)cc1. The van der Waals surface area contributed by atoms with Crippen LogP contribution in [0.25, 0.3) is 33.3 Å². The highest BCUT2D eigenvalue weighted by Gasteiger charge is 2.34. The molecule has 1 saturated heterocycles. The van der Waals surface area contributed by atoms with E-state index in [1.54, 1.807) is 42.5 Å². The van der Waals surface area contributed by atoms with Crippen LogP contribution in [0.5, 0.6) is 0 Å². The first kappa shape index (κ1) is 26.1. The van der Waals surface area contributed by atoms with Gasteiger partial charge >= 0.3 is 5.97 Å². The lowest BCUT2D eigenvalue weighted by molar-refractivity contribution is -0.142. The van der Waals surface area contributed by atoms with Crippen LogP contribution in [0.15, 0.2) is 83.1 Å². The number of hydrogen-bond donors (Lipinski definition) is 1. The number of nitrogens with zero attached hydrogens (tertiary/aromatic N) is 3. The van der Waals surface area contributed by atoms with Crippen molar-refractivity contribution in [2.75, 3.05) is 18.0 Å². The monoisotopic (exact) mass is 587 g/mol. The topological polar surface area (TPSA) is 103 Å². The minimum atomic E-state index is -4.11. The third-order valence-electron chi connectivity index (χ3n) is 7.20. The van der Waals surface area contributed by atoms with Crippen molar-refractivity contribution in [3.63, 3.8) is 0 Å². The van der Waals surface area contributed by atoms with E-state index in [1.807, 2.05) is 47.5 Å². The minimum Gasteiger partial charge on any atom is -0.481 e. The number of halogens is 1. The molecule has 5 aromatic rings. The van der Waals surface area contributed by atoms with Crippen LogP contribution in [0.4, 0.5) is 5.69 Å². The molecule has 0 atom stereocenters. The molecular weight excluding hydrogens is 566 g/mol. The van der Waals surface area contributed by atoms with Crippen molar-refractivity contribution >= 4 is 55.5 Å². The molecule has 0 aliphatic carbocycles. The second-order valence-electron chi connectivity index (χ2n) is 9.73. The van der Waals surface area contributed by atoms with Crippen LogP contribution in [0.2, 0.25) is 5.02 Å². The van der Waals surface area contributed by atoms with Gasteiger partial charge in [0.05, 0.1) is 22.0 Å². The number of thiophene rings is 1. The summed E-state index contributed by atoms with van der Waals surface area (Å²) in [6.45, 7) is 2.63. The van der Waals surface area contributed by atoms with Crippen molar-refractivity contribution in [2.24, 2.45) is 5.92 Å². The van der Waals surface area contributed by atoms with Crippen LogP contribution in [-0.4, -0.2) is 36.6 Å². The lowest BCUT2D eigenvalue weighted by Gasteiger charge is -2.38. The number of carboxylic acids is 1. The van der Waals surface area contributed by atoms with Crippen molar-refractivity contribution in [3.8, 4) is 28.5 Å². The Morgan fingerprint density at radius 1 is 1.07 bits per heavy atom. The van der Waals surface area contributed by atoms with Gasteiger partial charge in [0.25, 0.3) is 10.0 Å². The van der Waals surface area contributed by atoms with E-state index in [0.717, 1.165) is 11.3 Å². The fraction of sp³-hybridized carbons (Fsp3) is 0.133. The molecule has 6 rings (SSSR count). The summed E-state index contributed by atoms with van der Waals surface area (Å²) in [5.74, 6) is -1.28. The molecule has 0 radical (unpaired) electrons. The fourth-order valence-corrected chi connectivity index (χ4v) is 7.53. The van der Waals surface area contributed by atoms with Gasteiger partial charge in [0.2, 0.25) is 0 Å². The minimum absolute atomic E-state index is 0.131. The number of aliphatic carboxylic acids is 1. The van der Waals surface area contributed by atoms with Gasteiger partial charge < -0.3 is 10.0 Å². The molecule has 1 fully saturated rings. The number of aromatic nitrogens is 1. The Labute approximate surface area is 240 Å². The lowest BCUT2D eigenvalue weighted by atomic mass is 9.96. The second-order valence-corrected chi connectivity index (χ2v) is 12.9. The molecular formula is C30H22ClN3O4S2. The Morgan fingerprint density at radius 3 is 2.52 bits per heavy atom. The molecule has 200 valence electrons. The molecule has 0 saturated carbocycles. The normalized spacial score (nSPS) is 13.8. The first-order valence-electron chi connectivity index (χ1n) is 12.4. The Kier molecular flexibility index (Phi) is 6.42. The zero-order valence-electron chi connectivity index (χ0n) is 21.2. The molecule has 3 heterocycles. The van der Waals surface area contributed by atoms with Gasteiger partial charge in [-0.05, 0) is 60.8 Å². The summed E-state index contributed by atoms with van der Waals surface area (Å²) >= 11 is 7.72. The van der Waals surface area contributed by atoms with E-state index in [9.17, 15) is 23.6 Å². The summed E-state index contributed by atoms with van der Waals surface area (Å²) in [6.07, 6.45) is 0. The number of carbonyl (C=O) groups is 1. The summed E-state index contributed by atoms with van der Waals surface area (Å²) in [6, 6.07) is 23.2. The van der Waals surface area contributed by atoms with Gasteiger partial charge in [0, 0.05) is 45.9 Å². The summed E-state index contributed by atoms with van der Waals surface area (Å²) in [5, 5.41) is 22.1. The highest BCUT2D eigenvalue weighted by atomic mass is 35.5. The quantitative estimate of drug-likeness (QED) is 0.239. The molecule has 0 unspecified atom stereocenters. The molecule has 7 nitrogen and oxygen atoms in total. The maximum absolute atomic E-state index is 14.4. The Morgan fingerprint density at radius 2 is 1.82 bits per heavy atom. The smallest absolute Gasteiger partial charge is 0.310 e. The first-order valence-corrected chi connectivity index (χ1v) is 15.1. The number of aryl methyl sites for hydroxylation is 1. The van der Waals surface area contributed by atoms with Gasteiger partial charge in [0.15, 0.2) is 0 Å². The molecule has 1 aliphatic rings. The number of benzene rings is 3. The van der Waals surface area contributed by atoms with E-state index in [4.69, 9.17) is 11.6 Å². The zero-order chi connectivity index (χ0) is 28.2. The summed E-state index contributed by atoms with van der Waals surface area (Å²) < 4.78 is 30.1. The van der Waals surface area contributed by atoms with Crippen LogP contribution in [-0.2, 0) is 14.8 Å². The lowest BCUT2D eigenvalue weighted by Crippen LogP contribution is -2.50. The predicted octanol–water partition coefficient (Wildman–Crippen LogP) is 6.63. The van der Waals surface area contributed by atoms with E-state index < -0.39 is 21.9 Å². The Hall–Kier alpha value is -4.10. The molecule has 0 bridgehead atoms. The molecule has 3 aromatic carbocycles. The van der Waals surface area contributed by atoms with Gasteiger partial charge in [-0.1, -0.05) is 41.4 Å². The average Bonchev–Trinajstić information content (AvgIpc) is 3.50. The van der Waals surface area contributed by atoms with Crippen molar-refractivity contribution in [2.45, 2.75) is 11.8 Å².